The number of aliphatic imine (C=N–C) groups is 1. The highest BCUT2D eigenvalue weighted by Gasteiger charge is 2.26. The summed E-state index contributed by atoms with van der Waals surface area (Å²) in [5.41, 5.74) is 0.996. The molecule has 0 unspecified atom stereocenters. The Morgan fingerprint density at radius 2 is 1.86 bits per heavy atom. The Bertz CT molecular complexity index is 621. The van der Waals surface area contributed by atoms with Crippen LogP contribution in [0, 0.1) is 0 Å². The van der Waals surface area contributed by atoms with Gasteiger partial charge in [0.2, 0.25) is 0 Å². The van der Waals surface area contributed by atoms with Crippen LogP contribution in [0.1, 0.15) is 57.6 Å². The minimum absolute atomic E-state index is 0. The van der Waals surface area contributed by atoms with Crippen LogP contribution in [0.2, 0.25) is 0 Å². The first kappa shape index (κ1) is 24.2. The summed E-state index contributed by atoms with van der Waals surface area (Å²) in [6.45, 7) is 6.02. The SMILES string of the molecule is CCNC(=NCc1cccc(N(C)C)n1)NC1CCN(C2CCCCC2)CC1.I. The van der Waals surface area contributed by atoms with E-state index in [0.29, 0.717) is 12.6 Å². The number of hydrogen-bond donors (Lipinski definition) is 2. The topological polar surface area (TPSA) is 55.8 Å². The number of halogens is 1. The summed E-state index contributed by atoms with van der Waals surface area (Å²) in [4.78, 5) is 14.2. The van der Waals surface area contributed by atoms with E-state index >= 15 is 0 Å². The lowest BCUT2D eigenvalue weighted by Gasteiger charge is -2.39. The summed E-state index contributed by atoms with van der Waals surface area (Å²) in [7, 11) is 4.03. The second kappa shape index (κ2) is 12.6. The molecule has 0 atom stereocenters. The van der Waals surface area contributed by atoms with Gasteiger partial charge in [0.25, 0.3) is 0 Å². The minimum Gasteiger partial charge on any atom is -0.363 e. The van der Waals surface area contributed by atoms with Crippen LogP contribution in [0.5, 0.6) is 0 Å². The highest BCUT2D eigenvalue weighted by Crippen LogP contribution is 2.25. The van der Waals surface area contributed by atoms with Crippen molar-refractivity contribution in [2.75, 3.05) is 38.6 Å². The predicted molar refractivity (Wildman–Crippen MR) is 133 cm³/mol. The summed E-state index contributed by atoms with van der Waals surface area (Å²) in [5, 5.41) is 7.06. The van der Waals surface area contributed by atoms with E-state index in [1.807, 2.05) is 31.1 Å². The molecular formula is C22H39IN6. The highest BCUT2D eigenvalue weighted by atomic mass is 127. The molecule has 2 heterocycles. The first-order valence-corrected chi connectivity index (χ1v) is 11.1. The number of hydrogen-bond acceptors (Lipinski definition) is 4. The van der Waals surface area contributed by atoms with Crippen LogP contribution in [0.25, 0.3) is 0 Å². The van der Waals surface area contributed by atoms with Crippen LogP contribution < -0.4 is 15.5 Å². The van der Waals surface area contributed by atoms with Crippen molar-refractivity contribution in [2.24, 2.45) is 4.99 Å². The van der Waals surface area contributed by atoms with Gasteiger partial charge in [0.1, 0.15) is 5.82 Å². The van der Waals surface area contributed by atoms with E-state index in [1.165, 1.54) is 58.0 Å². The predicted octanol–water partition coefficient (Wildman–Crippen LogP) is 3.62. The van der Waals surface area contributed by atoms with Gasteiger partial charge in [0.15, 0.2) is 5.96 Å². The Balaban J connectivity index is 0.00000300. The van der Waals surface area contributed by atoms with E-state index in [0.717, 1.165) is 30.1 Å². The van der Waals surface area contributed by atoms with E-state index in [-0.39, 0.29) is 24.0 Å². The quantitative estimate of drug-likeness (QED) is 0.345. The number of pyridine rings is 1. The van der Waals surface area contributed by atoms with Gasteiger partial charge < -0.3 is 20.4 Å². The average molecular weight is 515 g/mol. The zero-order valence-corrected chi connectivity index (χ0v) is 20.7. The van der Waals surface area contributed by atoms with Crippen molar-refractivity contribution in [3.63, 3.8) is 0 Å². The smallest absolute Gasteiger partial charge is 0.191 e. The molecule has 1 aromatic rings. The molecule has 0 bridgehead atoms. The van der Waals surface area contributed by atoms with Gasteiger partial charge in [-0.2, -0.15) is 0 Å². The van der Waals surface area contributed by atoms with Gasteiger partial charge in [-0.05, 0) is 44.7 Å². The number of likely N-dealkylation sites (tertiary alicyclic amines) is 1. The van der Waals surface area contributed by atoms with Crippen LogP contribution in [0.3, 0.4) is 0 Å². The van der Waals surface area contributed by atoms with Crippen molar-refractivity contribution >= 4 is 35.8 Å². The third kappa shape index (κ3) is 7.59. The second-order valence-corrected chi connectivity index (χ2v) is 8.32. The molecule has 0 aromatic carbocycles. The lowest BCUT2D eigenvalue weighted by atomic mass is 9.92. The fraction of sp³-hybridized carbons (Fsp3) is 0.727. The monoisotopic (exact) mass is 514 g/mol. The molecule has 1 saturated carbocycles. The molecule has 0 radical (unpaired) electrons. The lowest BCUT2D eigenvalue weighted by molar-refractivity contribution is 0.119. The van der Waals surface area contributed by atoms with Gasteiger partial charge in [-0.15, -0.1) is 24.0 Å². The fourth-order valence-corrected chi connectivity index (χ4v) is 4.33. The molecule has 2 aliphatic rings. The Morgan fingerprint density at radius 1 is 1.14 bits per heavy atom. The molecule has 2 N–H and O–H groups in total. The maximum absolute atomic E-state index is 4.79. The summed E-state index contributed by atoms with van der Waals surface area (Å²) in [6.07, 6.45) is 9.49. The summed E-state index contributed by atoms with van der Waals surface area (Å²) < 4.78 is 0. The molecule has 7 heteroatoms. The summed E-state index contributed by atoms with van der Waals surface area (Å²) in [5.74, 6) is 1.89. The molecule has 1 saturated heterocycles. The van der Waals surface area contributed by atoms with Gasteiger partial charge >= 0.3 is 0 Å². The van der Waals surface area contributed by atoms with E-state index in [4.69, 9.17) is 4.99 Å². The lowest BCUT2D eigenvalue weighted by Crippen LogP contribution is -2.50. The molecule has 0 amide bonds. The standard InChI is InChI=1S/C22H38N6.HI/c1-4-23-22(24-17-19-9-8-12-21(25-19)27(2)3)26-18-13-15-28(16-14-18)20-10-6-5-7-11-20;/h8-9,12,18,20H,4-7,10-11,13-17H2,1-3H3,(H2,23,24,26);1H. The van der Waals surface area contributed by atoms with Crippen LogP contribution in [0.4, 0.5) is 5.82 Å². The number of guanidine groups is 1. The van der Waals surface area contributed by atoms with E-state index in [1.54, 1.807) is 0 Å². The molecule has 1 aromatic heterocycles. The van der Waals surface area contributed by atoms with E-state index < -0.39 is 0 Å². The van der Waals surface area contributed by atoms with Gasteiger partial charge in [0, 0.05) is 45.8 Å². The molecular weight excluding hydrogens is 475 g/mol. The van der Waals surface area contributed by atoms with Crippen LogP contribution in [0.15, 0.2) is 23.2 Å². The van der Waals surface area contributed by atoms with Crippen molar-refractivity contribution in [3.8, 4) is 0 Å². The molecule has 6 nitrogen and oxygen atoms in total. The van der Waals surface area contributed by atoms with Crippen molar-refractivity contribution in [1.82, 2.24) is 20.5 Å². The Hall–Kier alpha value is -1.09. The molecule has 164 valence electrons. The number of rotatable bonds is 6. The first-order valence-electron chi connectivity index (χ1n) is 11.1. The number of piperidine rings is 1. The first-order chi connectivity index (χ1) is 13.7. The molecule has 1 aliphatic heterocycles. The second-order valence-electron chi connectivity index (χ2n) is 8.32. The number of nitrogens with one attached hydrogen (secondary N) is 2. The number of anilines is 1. The van der Waals surface area contributed by atoms with Crippen LogP contribution in [-0.4, -0.2) is 61.7 Å². The third-order valence-electron chi connectivity index (χ3n) is 5.96. The van der Waals surface area contributed by atoms with Crippen molar-refractivity contribution < 1.29 is 0 Å². The zero-order chi connectivity index (χ0) is 19.8. The van der Waals surface area contributed by atoms with Crippen LogP contribution >= 0.6 is 24.0 Å². The summed E-state index contributed by atoms with van der Waals surface area (Å²) >= 11 is 0. The van der Waals surface area contributed by atoms with Crippen molar-refractivity contribution in [2.45, 2.75) is 70.5 Å². The highest BCUT2D eigenvalue weighted by molar-refractivity contribution is 14.0. The Labute approximate surface area is 194 Å². The Kier molecular flexibility index (Phi) is 10.5. The van der Waals surface area contributed by atoms with Gasteiger partial charge in [-0.3, -0.25) is 0 Å². The maximum Gasteiger partial charge on any atom is 0.191 e. The minimum atomic E-state index is 0. The zero-order valence-electron chi connectivity index (χ0n) is 18.4. The van der Waals surface area contributed by atoms with Gasteiger partial charge in [0.05, 0.1) is 12.2 Å². The maximum atomic E-state index is 4.79. The molecule has 2 fully saturated rings. The largest absolute Gasteiger partial charge is 0.363 e. The van der Waals surface area contributed by atoms with Gasteiger partial charge in [-0.1, -0.05) is 25.3 Å². The van der Waals surface area contributed by atoms with E-state index in [2.05, 4.69) is 33.5 Å². The molecule has 0 spiro atoms. The van der Waals surface area contributed by atoms with Crippen LogP contribution in [-0.2, 0) is 6.54 Å². The Morgan fingerprint density at radius 3 is 2.52 bits per heavy atom. The molecule has 3 rings (SSSR count). The summed E-state index contributed by atoms with van der Waals surface area (Å²) in [6, 6.07) is 7.47. The van der Waals surface area contributed by atoms with Crippen molar-refractivity contribution in [3.05, 3.63) is 23.9 Å². The molecule has 29 heavy (non-hydrogen) atoms. The third-order valence-corrected chi connectivity index (χ3v) is 5.96. The number of nitrogens with zero attached hydrogens (tertiary/aromatic N) is 4. The normalized spacial score (nSPS) is 19.5. The van der Waals surface area contributed by atoms with Crippen molar-refractivity contribution in [1.29, 1.82) is 0 Å². The average Bonchev–Trinajstić information content (AvgIpc) is 2.73. The van der Waals surface area contributed by atoms with E-state index in [9.17, 15) is 0 Å². The number of aromatic nitrogens is 1. The fourth-order valence-electron chi connectivity index (χ4n) is 4.33. The van der Waals surface area contributed by atoms with Gasteiger partial charge in [-0.25, -0.2) is 9.98 Å². The molecule has 1 aliphatic carbocycles.